The molecule has 1 heterocycles. The zero-order chi connectivity index (χ0) is 41.7. The second-order valence-electron chi connectivity index (χ2n) is 20.3. The number of aliphatic hydroxyl groups excluding tert-OH is 1. The van der Waals surface area contributed by atoms with Crippen LogP contribution in [0.1, 0.15) is 122 Å². The fourth-order valence-corrected chi connectivity index (χ4v) is 12.9. The van der Waals surface area contributed by atoms with Crippen LogP contribution in [0.5, 0.6) is 0 Å². The average molecular weight is 819 g/mol. The van der Waals surface area contributed by atoms with E-state index in [0.717, 1.165) is 71.5 Å². The molecular formula is C54H74O6. The Balaban J connectivity index is 0.968. The number of allylic oxidation sites excluding steroid dienone is 1. The van der Waals surface area contributed by atoms with Gasteiger partial charge in [0.25, 0.3) is 0 Å². The highest BCUT2D eigenvalue weighted by Gasteiger charge is 2.59. The molecule has 0 spiro atoms. The Hall–Kier alpha value is -2.84. The van der Waals surface area contributed by atoms with Gasteiger partial charge in [-0.3, -0.25) is 0 Å². The maximum atomic E-state index is 12.2. The SMILES string of the molecule is CC(C)CCC[C@@H](C)[C@H]1CC[C@H]2[C@@H]3CC=C4C[C@@H](O[C@H]5O[C@H](COCc6ccccc6)[C@@H](OCc6ccccc6)[C@H](OCc6ccccc6)[C@H]5O)CC[C@]4(C)[C@H]3CC[C@]12C. The van der Waals surface area contributed by atoms with E-state index in [2.05, 4.69) is 77.1 Å². The van der Waals surface area contributed by atoms with Crippen LogP contribution in [0.15, 0.2) is 103 Å². The van der Waals surface area contributed by atoms with Crippen molar-refractivity contribution in [3.8, 4) is 0 Å². The summed E-state index contributed by atoms with van der Waals surface area (Å²) >= 11 is 0. The molecule has 3 aromatic rings. The quantitative estimate of drug-likeness (QED) is 0.137. The van der Waals surface area contributed by atoms with Gasteiger partial charge >= 0.3 is 0 Å². The van der Waals surface area contributed by atoms with Gasteiger partial charge in [-0.05, 0) is 114 Å². The molecule has 5 aliphatic rings. The van der Waals surface area contributed by atoms with Crippen molar-refractivity contribution in [3.63, 3.8) is 0 Å². The Morgan fingerprint density at radius 3 is 2.00 bits per heavy atom. The molecule has 60 heavy (non-hydrogen) atoms. The van der Waals surface area contributed by atoms with E-state index in [9.17, 15) is 5.11 Å². The summed E-state index contributed by atoms with van der Waals surface area (Å²) in [6, 6.07) is 30.5. The summed E-state index contributed by atoms with van der Waals surface area (Å²) in [7, 11) is 0. The molecule has 1 saturated heterocycles. The third-order valence-electron chi connectivity index (χ3n) is 16.2. The Labute approximate surface area is 361 Å². The first kappa shape index (κ1) is 43.8. The van der Waals surface area contributed by atoms with Crippen molar-refractivity contribution in [3.05, 3.63) is 119 Å². The van der Waals surface area contributed by atoms with E-state index in [-0.39, 0.29) is 18.1 Å². The van der Waals surface area contributed by atoms with Gasteiger partial charge in [0.15, 0.2) is 6.29 Å². The van der Waals surface area contributed by atoms with Gasteiger partial charge in [0.05, 0.1) is 32.5 Å². The molecular weight excluding hydrogens is 745 g/mol. The zero-order valence-corrected chi connectivity index (χ0v) is 37.3. The monoisotopic (exact) mass is 819 g/mol. The van der Waals surface area contributed by atoms with Crippen molar-refractivity contribution in [1.82, 2.24) is 0 Å². The van der Waals surface area contributed by atoms with E-state index in [1.54, 1.807) is 5.57 Å². The van der Waals surface area contributed by atoms with Crippen LogP contribution >= 0.6 is 0 Å². The van der Waals surface area contributed by atoms with Crippen LogP contribution in [0.4, 0.5) is 0 Å². The summed E-state index contributed by atoms with van der Waals surface area (Å²) in [5, 5.41) is 12.2. The first-order chi connectivity index (χ1) is 29.1. The Bertz CT molecular complexity index is 1800. The van der Waals surface area contributed by atoms with E-state index in [1.165, 1.54) is 51.4 Å². The summed E-state index contributed by atoms with van der Waals surface area (Å²) in [5.74, 6) is 4.88. The van der Waals surface area contributed by atoms with E-state index in [1.807, 2.05) is 54.6 Å². The smallest absolute Gasteiger partial charge is 0.186 e. The summed E-state index contributed by atoms with van der Waals surface area (Å²) in [4.78, 5) is 0. The van der Waals surface area contributed by atoms with Gasteiger partial charge in [0.1, 0.15) is 24.4 Å². The maximum absolute atomic E-state index is 12.2. The first-order valence-electron chi connectivity index (χ1n) is 23.7. The first-order valence-corrected chi connectivity index (χ1v) is 23.7. The average Bonchev–Trinajstić information content (AvgIpc) is 3.62. The largest absolute Gasteiger partial charge is 0.385 e. The number of rotatable bonds is 17. The minimum absolute atomic E-state index is 0.0422. The van der Waals surface area contributed by atoms with E-state index in [0.29, 0.717) is 25.2 Å². The summed E-state index contributed by atoms with van der Waals surface area (Å²) < 4.78 is 33.3. The van der Waals surface area contributed by atoms with Crippen molar-refractivity contribution < 1.29 is 28.8 Å². The molecule has 0 aromatic heterocycles. The lowest BCUT2D eigenvalue weighted by molar-refractivity contribution is -0.328. The van der Waals surface area contributed by atoms with Gasteiger partial charge < -0.3 is 28.8 Å². The fraction of sp³-hybridized carbons (Fsp3) is 0.630. The molecule has 0 radical (unpaired) electrons. The van der Waals surface area contributed by atoms with Crippen LogP contribution in [0.25, 0.3) is 0 Å². The van der Waals surface area contributed by atoms with Crippen molar-refractivity contribution in [2.24, 2.45) is 46.3 Å². The molecule has 13 atom stereocenters. The number of hydrogen-bond donors (Lipinski definition) is 1. The molecule has 8 rings (SSSR count). The number of ether oxygens (including phenoxy) is 5. The van der Waals surface area contributed by atoms with Gasteiger partial charge in [-0.15, -0.1) is 0 Å². The predicted octanol–water partition coefficient (Wildman–Crippen LogP) is 11.9. The van der Waals surface area contributed by atoms with E-state index >= 15 is 0 Å². The van der Waals surface area contributed by atoms with Gasteiger partial charge in [-0.1, -0.05) is 157 Å². The molecule has 326 valence electrons. The Morgan fingerprint density at radius 2 is 1.35 bits per heavy atom. The number of fused-ring (bicyclic) bond motifs is 5. The second kappa shape index (κ2) is 19.7. The molecule has 1 aliphatic heterocycles. The van der Waals surface area contributed by atoms with E-state index in [4.69, 9.17) is 23.7 Å². The lowest BCUT2D eigenvalue weighted by Crippen LogP contribution is -2.61. The highest BCUT2D eigenvalue weighted by atomic mass is 16.7. The van der Waals surface area contributed by atoms with Gasteiger partial charge in [-0.25, -0.2) is 0 Å². The number of hydrogen-bond acceptors (Lipinski definition) is 6. The van der Waals surface area contributed by atoms with Crippen molar-refractivity contribution in [2.45, 2.75) is 162 Å². The molecule has 0 unspecified atom stereocenters. The lowest BCUT2D eigenvalue weighted by atomic mass is 9.47. The second-order valence-corrected chi connectivity index (χ2v) is 20.3. The molecule has 4 fully saturated rings. The molecule has 6 heteroatoms. The minimum atomic E-state index is -1.04. The van der Waals surface area contributed by atoms with Crippen LogP contribution in [-0.2, 0) is 43.5 Å². The molecule has 0 amide bonds. The van der Waals surface area contributed by atoms with E-state index < -0.39 is 30.7 Å². The van der Waals surface area contributed by atoms with Crippen LogP contribution in [0.2, 0.25) is 0 Å². The standard InChI is InChI=1S/C54H74O6/c1-37(2)16-15-17-38(3)45-26-27-46-44-25-24-42-32-43(28-30-53(42,4)47(44)29-31-54(45,46)5)59-52-49(55)51(58-35-41-22-13-8-14-23-41)50(57-34-40-20-11-7-12-21-40)48(60-52)36-56-33-39-18-9-6-10-19-39/h6-14,18-24,37-38,43-52,55H,15-17,25-36H2,1-5H3/t38-,43+,44+,45-,46+,47+,48-,49-,50-,51-,52+,53+,54-/m1/s1. The molecule has 3 saturated carbocycles. The zero-order valence-electron chi connectivity index (χ0n) is 37.3. The normalized spacial score (nSPS) is 35.6. The third-order valence-corrected chi connectivity index (χ3v) is 16.2. The highest BCUT2D eigenvalue weighted by molar-refractivity contribution is 5.26. The Morgan fingerprint density at radius 1 is 0.717 bits per heavy atom. The number of aliphatic hydroxyl groups is 1. The molecule has 0 bridgehead atoms. The van der Waals surface area contributed by atoms with Crippen molar-refractivity contribution >= 4 is 0 Å². The predicted molar refractivity (Wildman–Crippen MR) is 239 cm³/mol. The maximum Gasteiger partial charge on any atom is 0.186 e. The van der Waals surface area contributed by atoms with Crippen LogP contribution < -0.4 is 0 Å². The third kappa shape index (κ3) is 9.70. The van der Waals surface area contributed by atoms with Crippen molar-refractivity contribution in [1.29, 1.82) is 0 Å². The van der Waals surface area contributed by atoms with Crippen LogP contribution in [-0.4, -0.2) is 48.5 Å². The van der Waals surface area contributed by atoms with Gasteiger partial charge in [-0.2, -0.15) is 0 Å². The van der Waals surface area contributed by atoms with Gasteiger partial charge in [0.2, 0.25) is 0 Å². The van der Waals surface area contributed by atoms with Crippen LogP contribution in [0.3, 0.4) is 0 Å². The lowest BCUT2D eigenvalue weighted by Gasteiger charge is -2.58. The summed E-state index contributed by atoms with van der Waals surface area (Å²) in [6.45, 7) is 14.0. The van der Waals surface area contributed by atoms with Gasteiger partial charge in [0, 0.05) is 0 Å². The summed E-state index contributed by atoms with van der Waals surface area (Å²) in [6.07, 6.45) is 12.8. The minimum Gasteiger partial charge on any atom is -0.385 e. The molecule has 1 N–H and O–H groups in total. The number of benzene rings is 3. The highest BCUT2D eigenvalue weighted by Crippen LogP contribution is 2.67. The topological polar surface area (TPSA) is 66.4 Å². The molecule has 4 aliphatic carbocycles. The molecule has 6 nitrogen and oxygen atoms in total. The fourth-order valence-electron chi connectivity index (χ4n) is 12.9. The summed E-state index contributed by atoms with van der Waals surface area (Å²) in [5.41, 5.74) is 5.45. The Kier molecular flexibility index (Phi) is 14.4. The molecule has 3 aromatic carbocycles. The van der Waals surface area contributed by atoms with Crippen molar-refractivity contribution in [2.75, 3.05) is 6.61 Å². The van der Waals surface area contributed by atoms with Crippen LogP contribution in [0, 0.1) is 46.3 Å².